The zero-order chi connectivity index (χ0) is 6.69. The van der Waals surface area contributed by atoms with Crippen molar-refractivity contribution in [1.82, 2.24) is 0 Å². The molecule has 1 aromatic rings. The molecule has 0 fully saturated rings. The summed E-state index contributed by atoms with van der Waals surface area (Å²) in [6.45, 7) is 0.631. The van der Waals surface area contributed by atoms with Crippen LogP contribution < -0.4 is 11.8 Å². The third-order valence-electron chi connectivity index (χ3n) is 1.12. The molecule has 0 saturated heterocycles. The topological polar surface area (TPSA) is 26.0 Å². The monoisotopic (exact) mass is 368 g/mol. The van der Waals surface area contributed by atoms with Crippen LogP contribution >= 0.6 is 0 Å². The van der Waals surface area contributed by atoms with Gasteiger partial charge in [-0.2, -0.15) is 0 Å². The van der Waals surface area contributed by atoms with Crippen LogP contribution in [0.1, 0.15) is 5.56 Å². The van der Waals surface area contributed by atoms with Crippen LogP contribution in [0.4, 0.5) is 0 Å². The molecule has 1 nitrogen and oxygen atoms in total. The second-order valence-electron chi connectivity index (χ2n) is 1.73. The first-order valence-electron chi connectivity index (χ1n) is 2.72. The number of hydrogen-bond donors (Lipinski definition) is 1. The first kappa shape index (κ1) is 5.32. The van der Waals surface area contributed by atoms with Gasteiger partial charge < -0.3 is 0 Å². The molecule has 2 heteroatoms. The van der Waals surface area contributed by atoms with Gasteiger partial charge in [0.1, 0.15) is 0 Å². The summed E-state index contributed by atoms with van der Waals surface area (Å²) < 4.78 is 2.46. The molecule has 1 aromatic carbocycles. The van der Waals surface area contributed by atoms with Gasteiger partial charge in [-0.25, -0.2) is 0 Å². The molecular weight excluding hydrogens is 360 g/mol. The molecule has 0 aliphatic carbocycles. The molecule has 0 aromatic heterocycles. The van der Waals surface area contributed by atoms with E-state index in [4.69, 9.17) is 5.73 Å². The fourth-order valence-corrected chi connectivity index (χ4v) is 1.24. The summed E-state index contributed by atoms with van der Waals surface area (Å²) in [7, 11) is 0. The Morgan fingerprint density at radius 3 is 2.44 bits per heavy atom. The average Bonchev–Trinajstić information content (AvgIpc) is 1.89. The van der Waals surface area contributed by atoms with E-state index < -0.39 is 0 Å². The molecule has 0 aliphatic rings. The van der Waals surface area contributed by atoms with E-state index >= 15 is 0 Å². The number of hydrogen-bond acceptors (Lipinski definition) is 1. The Labute approximate surface area is 49.1 Å². The Morgan fingerprint density at radius 2 is 2.00 bits per heavy atom. The van der Waals surface area contributed by atoms with Crippen LogP contribution in [0, 0.1) is 0 Å². The Hall–Kier alpha value is -1.82. The molecule has 0 amide bonds. The van der Waals surface area contributed by atoms with E-state index in [1.807, 2.05) is 24.3 Å². The van der Waals surface area contributed by atoms with E-state index in [1.54, 1.807) is 0 Å². The summed E-state index contributed by atoms with van der Waals surface area (Å²) in [5.41, 5.74) is 6.65. The third kappa shape index (κ3) is 0.864. The van der Waals surface area contributed by atoms with Gasteiger partial charge in [-0.3, -0.25) is 0 Å². The van der Waals surface area contributed by atoms with Crippen LogP contribution in [0.5, 0.6) is 0 Å². The SMILES string of the molecule is NCc1cccc[c]1[Lr]. The second kappa shape index (κ2) is 1.97. The molecule has 9 heavy (non-hydrogen) atoms. The van der Waals surface area contributed by atoms with Crippen LogP contribution in [0.15, 0.2) is 24.3 Å². The normalized spacial score (nSPS) is 9.67. The molecule has 0 spiro atoms. The van der Waals surface area contributed by atoms with Crippen molar-refractivity contribution in [1.29, 1.82) is 0 Å². The summed E-state index contributed by atoms with van der Waals surface area (Å²) in [5.74, 6) is 0. The van der Waals surface area contributed by atoms with Gasteiger partial charge in [-0.1, -0.05) is 0 Å². The zero-order valence-electron chi connectivity index (χ0n) is 4.85. The van der Waals surface area contributed by atoms with Crippen molar-refractivity contribution in [3.63, 3.8) is 0 Å². The predicted molar refractivity (Wildman–Crippen MR) is 34.0 cm³/mol. The Balaban J connectivity index is 3.01. The van der Waals surface area contributed by atoms with Crippen molar-refractivity contribution in [3.05, 3.63) is 29.8 Å². The molecule has 0 atom stereocenters. The standard InChI is InChI=1S/C7H8N.Lr/c8-6-7-4-2-1-3-5-7;/h1-4H,6,8H2;. The molecule has 0 radical (unpaired) electrons. The van der Waals surface area contributed by atoms with Gasteiger partial charge in [0.15, 0.2) is 0 Å². The van der Waals surface area contributed by atoms with Gasteiger partial charge >= 0.3 is 48.2 Å². The maximum atomic E-state index is 5.44. The van der Waals surface area contributed by atoms with Gasteiger partial charge in [-0.05, 0) is 0 Å². The average molecular weight is 368 g/mol. The summed E-state index contributed by atoms with van der Waals surface area (Å²) in [6.07, 6.45) is 0. The van der Waals surface area contributed by atoms with E-state index in [9.17, 15) is 0 Å². The van der Waals surface area contributed by atoms with E-state index in [1.165, 1.54) is 11.6 Å². The molecule has 0 heterocycles. The molecule has 56 valence electrons. The minimum atomic E-state index is 0.631. The molecule has 2 N–H and O–H groups in total. The fourth-order valence-electron chi connectivity index (χ4n) is 0.630. The molecule has 0 aliphatic heterocycles. The molecule has 1 rings (SSSR count). The predicted octanol–water partition coefficient (Wildman–Crippen LogP) is 0.320. The number of nitrogens with two attached hydrogens (primary N) is 1. The van der Waals surface area contributed by atoms with Gasteiger partial charge in [-0.15, -0.1) is 0 Å². The Kier molecular flexibility index (Phi) is 1.16. The van der Waals surface area contributed by atoms with Gasteiger partial charge in [0.25, 0.3) is 0 Å². The molecule has 0 bridgehead atoms. The summed E-state index contributed by atoms with van der Waals surface area (Å²) in [5, 5.41) is 0. The van der Waals surface area contributed by atoms with E-state index in [0.717, 1.165) is 0 Å². The number of rotatable bonds is 1. The zero-order valence-corrected chi connectivity index (χ0v) is 7.00. The molecule has 0 unspecified atom stereocenters. The van der Waals surface area contributed by atoms with Crippen LogP contribution in [0.3, 0.4) is 0 Å². The van der Waals surface area contributed by atoms with Gasteiger partial charge in [0, 0.05) is 0 Å². The Morgan fingerprint density at radius 1 is 1.33 bits per heavy atom. The van der Waals surface area contributed by atoms with E-state index in [0.29, 0.717) is 6.54 Å². The summed E-state index contributed by atoms with van der Waals surface area (Å²) >= 11 is 0. The summed E-state index contributed by atoms with van der Waals surface area (Å²) in [4.78, 5) is 0. The van der Waals surface area contributed by atoms with Crippen molar-refractivity contribution in [2.45, 2.75) is 6.54 Å². The first-order chi connectivity index (χ1) is 4.34. The van der Waals surface area contributed by atoms with Crippen molar-refractivity contribution < 1.29 is 0 Å². The van der Waals surface area contributed by atoms with E-state index in [-0.39, 0.29) is 0 Å². The van der Waals surface area contributed by atoms with Crippen molar-refractivity contribution in [2.24, 2.45) is 5.73 Å². The van der Waals surface area contributed by atoms with Gasteiger partial charge in [0.2, 0.25) is 0 Å². The van der Waals surface area contributed by atoms with Crippen LogP contribution in [0.2, 0.25) is 0 Å². The van der Waals surface area contributed by atoms with Gasteiger partial charge in [0.05, 0.1) is 0 Å². The minimum absolute atomic E-state index is 0.631. The molecule has 0 saturated carbocycles. The Bertz CT molecular complexity index is 198. The third-order valence-corrected chi connectivity index (χ3v) is 2.17. The fraction of sp³-hybridized carbons (Fsp3) is 0.143. The van der Waals surface area contributed by atoms with Crippen LogP contribution in [0.25, 0.3) is 0 Å². The van der Waals surface area contributed by atoms with Crippen molar-refractivity contribution in [3.8, 4) is 0 Å². The van der Waals surface area contributed by atoms with Crippen LogP contribution in [-0.4, -0.2) is 0 Å². The summed E-state index contributed by atoms with van der Waals surface area (Å²) in [6, 6.07) is 9.31. The van der Waals surface area contributed by atoms with E-state index in [2.05, 4.69) is 0 Å². The van der Waals surface area contributed by atoms with Crippen LogP contribution in [-0.2, 0) is 6.54 Å². The second-order valence-corrected chi connectivity index (χ2v) is 2.89. The molecular formula is C7H8LrN. The quantitative estimate of drug-likeness (QED) is 0.760. The van der Waals surface area contributed by atoms with Crippen molar-refractivity contribution >= 4 is 6.07 Å². The number of benzene rings is 1. The maximum absolute atomic E-state index is 5.44. The van der Waals surface area contributed by atoms with Crippen molar-refractivity contribution in [2.75, 3.05) is 0 Å². The first-order valence-corrected chi connectivity index (χ1v) is 3.79.